The Balaban J connectivity index is 2.14. The lowest BCUT2D eigenvalue weighted by atomic mass is 10.0. The number of hydrogen-bond acceptors (Lipinski definition) is 4. The van der Waals surface area contributed by atoms with Gasteiger partial charge < -0.3 is 15.1 Å². The molecule has 1 aliphatic rings. The predicted molar refractivity (Wildman–Crippen MR) is 80.3 cm³/mol. The summed E-state index contributed by atoms with van der Waals surface area (Å²) < 4.78 is 66.1. The highest BCUT2D eigenvalue weighted by Gasteiger charge is 2.37. The minimum Gasteiger partial charge on any atom is -0.370 e. The van der Waals surface area contributed by atoms with Crippen LogP contribution in [0.25, 0.3) is 10.9 Å². The second kappa shape index (κ2) is 6.06. The molecule has 9 heteroatoms. The standard InChI is InChI=1S/C16H15F5N2O2/c17-15(18)3-5-23(6-4-15)12-8-13(16(19,20)21)22-11-2-1-9(14(24)25)7-10(11)12/h1-2,7-8,14,24-25H,3-6H2. The van der Waals surface area contributed by atoms with Crippen LogP contribution in [-0.4, -0.2) is 34.2 Å². The van der Waals surface area contributed by atoms with Gasteiger partial charge in [0.05, 0.1) is 5.52 Å². The topological polar surface area (TPSA) is 56.6 Å². The first kappa shape index (κ1) is 17.8. The van der Waals surface area contributed by atoms with Gasteiger partial charge in [0.1, 0.15) is 5.69 Å². The van der Waals surface area contributed by atoms with Gasteiger partial charge >= 0.3 is 6.18 Å². The highest BCUT2D eigenvalue weighted by molar-refractivity contribution is 5.92. The minimum atomic E-state index is -4.68. The molecule has 3 rings (SSSR count). The monoisotopic (exact) mass is 362 g/mol. The molecule has 1 aliphatic heterocycles. The quantitative estimate of drug-likeness (QED) is 0.635. The van der Waals surface area contributed by atoms with E-state index in [1.807, 2.05) is 0 Å². The third-order valence-corrected chi connectivity index (χ3v) is 4.24. The summed E-state index contributed by atoms with van der Waals surface area (Å²) in [5, 5.41) is 18.8. The van der Waals surface area contributed by atoms with Crippen molar-refractivity contribution < 1.29 is 32.2 Å². The van der Waals surface area contributed by atoms with E-state index in [4.69, 9.17) is 0 Å². The molecule has 4 nitrogen and oxygen atoms in total. The van der Waals surface area contributed by atoms with Gasteiger partial charge in [-0.3, -0.25) is 0 Å². The zero-order chi connectivity index (χ0) is 18.4. The van der Waals surface area contributed by atoms with Crippen molar-refractivity contribution in [2.75, 3.05) is 18.0 Å². The smallest absolute Gasteiger partial charge is 0.370 e. The second-order valence-corrected chi connectivity index (χ2v) is 6.02. The van der Waals surface area contributed by atoms with Crippen LogP contribution in [0, 0.1) is 0 Å². The van der Waals surface area contributed by atoms with Crippen LogP contribution in [0.1, 0.15) is 30.4 Å². The summed E-state index contributed by atoms with van der Waals surface area (Å²) in [5.41, 5.74) is -0.927. The van der Waals surface area contributed by atoms with E-state index < -0.39 is 36.9 Å². The van der Waals surface area contributed by atoms with Gasteiger partial charge in [-0.2, -0.15) is 13.2 Å². The van der Waals surface area contributed by atoms with Gasteiger partial charge in [0.25, 0.3) is 5.92 Å². The molecular formula is C16H15F5N2O2. The van der Waals surface area contributed by atoms with E-state index in [0.29, 0.717) is 0 Å². The number of aromatic nitrogens is 1. The van der Waals surface area contributed by atoms with Crippen molar-refractivity contribution >= 4 is 16.6 Å². The maximum atomic E-state index is 13.4. The average Bonchev–Trinajstić information content (AvgIpc) is 2.52. The molecule has 1 aromatic carbocycles. The largest absolute Gasteiger partial charge is 0.433 e. The summed E-state index contributed by atoms with van der Waals surface area (Å²) in [5.74, 6) is -2.83. The maximum Gasteiger partial charge on any atom is 0.433 e. The van der Waals surface area contributed by atoms with Crippen molar-refractivity contribution in [2.45, 2.75) is 31.2 Å². The van der Waals surface area contributed by atoms with Gasteiger partial charge in [-0.15, -0.1) is 0 Å². The summed E-state index contributed by atoms with van der Waals surface area (Å²) in [4.78, 5) is 5.02. The zero-order valence-corrected chi connectivity index (χ0v) is 12.9. The number of fused-ring (bicyclic) bond motifs is 1. The van der Waals surface area contributed by atoms with Crippen molar-refractivity contribution in [1.29, 1.82) is 0 Å². The van der Waals surface area contributed by atoms with Gasteiger partial charge in [-0.05, 0) is 18.2 Å². The normalized spacial score (nSPS) is 18.2. The lowest BCUT2D eigenvalue weighted by molar-refractivity contribution is -0.140. The van der Waals surface area contributed by atoms with Crippen LogP contribution < -0.4 is 4.90 Å². The van der Waals surface area contributed by atoms with Crippen molar-refractivity contribution in [1.82, 2.24) is 4.98 Å². The molecule has 0 saturated carbocycles. The van der Waals surface area contributed by atoms with E-state index in [0.717, 1.165) is 6.07 Å². The number of rotatable bonds is 2. The van der Waals surface area contributed by atoms with Crippen LogP contribution in [0.2, 0.25) is 0 Å². The molecule has 1 saturated heterocycles. The lowest BCUT2D eigenvalue weighted by Crippen LogP contribution is -2.39. The molecule has 25 heavy (non-hydrogen) atoms. The summed E-state index contributed by atoms with van der Waals surface area (Å²) >= 11 is 0. The molecule has 2 heterocycles. The molecule has 0 spiro atoms. The van der Waals surface area contributed by atoms with Gasteiger partial charge in [-0.1, -0.05) is 6.07 Å². The van der Waals surface area contributed by atoms with E-state index in [1.165, 1.54) is 23.1 Å². The molecule has 0 bridgehead atoms. The van der Waals surface area contributed by atoms with E-state index in [9.17, 15) is 32.2 Å². The Morgan fingerprint density at radius 1 is 1.08 bits per heavy atom. The van der Waals surface area contributed by atoms with Crippen molar-refractivity contribution in [3.63, 3.8) is 0 Å². The van der Waals surface area contributed by atoms with E-state index in [1.54, 1.807) is 0 Å². The van der Waals surface area contributed by atoms with Crippen LogP contribution in [0.5, 0.6) is 0 Å². The van der Waals surface area contributed by atoms with Gasteiger partial charge in [0.2, 0.25) is 0 Å². The molecular weight excluding hydrogens is 347 g/mol. The molecule has 0 unspecified atom stereocenters. The van der Waals surface area contributed by atoms with Crippen LogP contribution in [0.3, 0.4) is 0 Å². The number of alkyl halides is 5. The third kappa shape index (κ3) is 3.67. The second-order valence-electron chi connectivity index (χ2n) is 6.02. The lowest BCUT2D eigenvalue weighted by Gasteiger charge is -2.34. The molecule has 2 aromatic rings. The summed E-state index contributed by atoms with van der Waals surface area (Å²) in [6, 6.07) is 4.64. The van der Waals surface area contributed by atoms with Crippen LogP contribution in [0.4, 0.5) is 27.6 Å². The van der Waals surface area contributed by atoms with Crippen molar-refractivity contribution in [3.05, 3.63) is 35.5 Å². The number of aliphatic hydroxyl groups excluding tert-OH is 1. The Hall–Kier alpha value is -2.00. The van der Waals surface area contributed by atoms with Crippen LogP contribution in [0.15, 0.2) is 24.3 Å². The maximum absolute atomic E-state index is 13.4. The number of pyridine rings is 1. The van der Waals surface area contributed by atoms with Crippen LogP contribution >= 0.6 is 0 Å². The fourth-order valence-electron chi connectivity index (χ4n) is 2.87. The average molecular weight is 362 g/mol. The highest BCUT2D eigenvalue weighted by atomic mass is 19.4. The summed E-state index contributed by atoms with van der Waals surface area (Å²) in [7, 11) is 0. The van der Waals surface area contributed by atoms with E-state index in [-0.39, 0.29) is 35.2 Å². The fraction of sp³-hybridized carbons (Fsp3) is 0.438. The number of aliphatic hydroxyl groups is 2. The predicted octanol–water partition coefficient (Wildman–Crippen LogP) is 3.47. The molecule has 1 aromatic heterocycles. The third-order valence-electron chi connectivity index (χ3n) is 4.24. The molecule has 0 aliphatic carbocycles. The van der Waals surface area contributed by atoms with Gasteiger partial charge in [0.15, 0.2) is 6.29 Å². The minimum absolute atomic E-state index is 0.00607. The van der Waals surface area contributed by atoms with Crippen molar-refractivity contribution in [2.24, 2.45) is 0 Å². The van der Waals surface area contributed by atoms with E-state index >= 15 is 0 Å². The van der Waals surface area contributed by atoms with Crippen LogP contribution in [-0.2, 0) is 6.18 Å². The molecule has 0 amide bonds. The number of piperidine rings is 1. The van der Waals surface area contributed by atoms with Gasteiger partial charge in [0, 0.05) is 42.6 Å². The number of anilines is 1. The highest BCUT2D eigenvalue weighted by Crippen LogP contribution is 2.38. The summed E-state index contributed by atoms with van der Waals surface area (Å²) in [6.45, 7) is -0.204. The first-order chi connectivity index (χ1) is 11.6. The molecule has 136 valence electrons. The molecule has 0 radical (unpaired) electrons. The Kier molecular flexibility index (Phi) is 4.32. The molecule has 1 fully saturated rings. The first-order valence-corrected chi connectivity index (χ1v) is 7.58. The SMILES string of the molecule is OC(O)c1ccc2nc(C(F)(F)F)cc(N3CCC(F)(F)CC3)c2c1. The molecule has 2 N–H and O–H groups in total. The number of halogens is 5. The number of benzene rings is 1. The van der Waals surface area contributed by atoms with E-state index in [2.05, 4.69) is 4.98 Å². The Bertz CT molecular complexity index is 782. The zero-order valence-electron chi connectivity index (χ0n) is 12.9. The Labute approximate surface area is 139 Å². The number of hydrogen-bond donors (Lipinski definition) is 2. The Morgan fingerprint density at radius 3 is 2.28 bits per heavy atom. The number of nitrogens with zero attached hydrogens (tertiary/aromatic N) is 2. The van der Waals surface area contributed by atoms with Crippen molar-refractivity contribution in [3.8, 4) is 0 Å². The Morgan fingerprint density at radius 2 is 1.72 bits per heavy atom. The first-order valence-electron chi connectivity index (χ1n) is 7.58. The summed E-state index contributed by atoms with van der Waals surface area (Å²) in [6.07, 6.45) is -7.40. The fourth-order valence-corrected chi connectivity index (χ4v) is 2.87. The van der Waals surface area contributed by atoms with Gasteiger partial charge in [-0.25, -0.2) is 13.8 Å². The molecule has 0 atom stereocenters.